The van der Waals surface area contributed by atoms with Crippen molar-refractivity contribution in [1.82, 2.24) is 10.2 Å². The molecule has 7 nitrogen and oxygen atoms in total. The van der Waals surface area contributed by atoms with E-state index in [1.54, 1.807) is 0 Å². The van der Waals surface area contributed by atoms with Crippen LogP contribution in [0.25, 0.3) is 11.1 Å². The van der Waals surface area contributed by atoms with Gasteiger partial charge in [-0.2, -0.15) is 0 Å². The Morgan fingerprint density at radius 3 is 2.34 bits per heavy atom. The number of hydrogen-bond acceptors (Lipinski definition) is 5. The molecule has 1 saturated heterocycles. The van der Waals surface area contributed by atoms with Crippen molar-refractivity contribution in [1.29, 1.82) is 0 Å². The number of ether oxygens (including phenoxy) is 1. The molecular weight excluding hydrogens is 444 g/mol. The van der Waals surface area contributed by atoms with Gasteiger partial charge in [0.15, 0.2) is 12.2 Å². The van der Waals surface area contributed by atoms with E-state index >= 15 is 0 Å². The Morgan fingerprint density at radius 2 is 1.63 bits per heavy atom. The summed E-state index contributed by atoms with van der Waals surface area (Å²) in [6.45, 7) is 2.00. The van der Waals surface area contributed by atoms with Gasteiger partial charge in [-0.25, -0.2) is 0 Å². The monoisotopic (exact) mass is 480 g/mol. The number of carbonyl (C=O) groups is 2. The van der Waals surface area contributed by atoms with Crippen LogP contribution in [0.4, 0.5) is 0 Å². The van der Waals surface area contributed by atoms with Gasteiger partial charge >= 0.3 is 0 Å². The second kappa shape index (κ2) is 12.2. The Bertz CT molecular complexity index is 981. The van der Waals surface area contributed by atoms with Crippen LogP contribution in [0.2, 0.25) is 0 Å². The van der Waals surface area contributed by atoms with E-state index in [0.717, 1.165) is 54.2 Å². The molecule has 4 rings (SSSR count). The van der Waals surface area contributed by atoms with E-state index in [-0.39, 0.29) is 6.54 Å². The highest BCUT2D eigenvalue weighted by molar-refractivity contribution is 5.90. The average Bonchev–Trinajstić information content (AvgIpc) is 3.61. The van der Waals surface area contributed by atoms with Crippen molar-refractivity contribution in [3.05, 3.63) is 54.1 Å². The quantitative estimate of drug-likeness (QED) is 0.485. The molecule has 0 radical (unpaired) electrons. The van der Waals surface area contributed by atoms with Crippen molar-refractivity contribution in [2.75, 3.05) is 19.7 Å². The zero-order valence-electron chi connectivity index (χ0n) is 20.2. The topological polar surface area (TPSA) is 99.1 Å². The van der Waals surface area contributed by atoms with Gasteiger partial charge in [0.1, 0.15) is 5.75 Å². The predicted octanol–water partition coefficient (Wildman–Crippen LogP) is 3.27. The Morgan fingerprint density at radius 1 is 0.943 bits per heavy atom. The van der Waals surface area contributed by atoms with Gasteiger partial charge in [0.05, 0.1) is 6.61 Å². The summed E-state index contributed by atoms with van der Waals surface area (Å²) >= 11 is 0. The minimum Gasteiger partial charge on any atom is -0.493 e. The SMILES string of the molecule is O=C(NCc1ccc(-c2ccccc2OCCC2CCCC2)cc1)[C@H](O)[C@@H](O)C(=O)N1CCCC1. The second-order valence-corrected chi connectivity index (χ2v) is 9.62. The number of rotatable bonds is 10. The van der Waals surface area contributed by atoms with Gasteiger partial charge in [0, 0.05) is 25.2 Å². The molecule has 2 aromatic carbocycles. The normalized spacial score (nSPS) is 17.8. The maximum absolute atomic E-state index is 12.3. The summed E-state index contributed by atoms with van der Waals surface area (Å²) < 4.78 is 6.13. The van der Waals surface area contributed by atoms with Crippen LogP contribution >= 0.6 is 0 Å². The van der Waals surface area contributed by atoms with Crippen LogP contribution in [0.15, 0.2) is 48.5 Å². The lowest BCUT2D eigenvalue weighted by atomic mass is 10.0. The maximum atomic E-state index is 12.3. The third-order valence-electron chi connectivity index (χ3n) is 7.12. The van der Waals surface area contributed by atoms with Crippen molar-refractivity contribution in [3.63, 3.8) is 0 Å². The molecule has 2 aliphatic rings. The fourth-order valence-electron chi connectivity index (χ4n) is 4.96. The third kappa shape index (κ3) is 6.61. The van der Waals surface area contributed by atoms with Crippen LogP contribution < -0.4 is 10.1 Å². The van der Waals surface area contributed by atoms with Crippen molar-refractivity contribution in [2.45, 2.75) is 63.7 Å². The lowest BCUT2D eigenvalue weighted by Gasteiger charge is -2.22. The highest BCUT2D eigenvalue weighted by atomic mass is 16.5. The molecule has 1 heterocycles. The number of amides is 2. The number of aliphatic hydroxyl groups is 2. The van der Waals surface area contributed by atoms with Gasteiger partial charge in [-0.1, -0.05) is 68.1 Å². The van der Waals surface area contributed by atoms with Gasteiger partial charge in [0.2, 0.25) is 0 Å². The number of nitrogens with zero attached hydrogens (tertiary/aromatic N) is 1. The summed E-state index contributed by atoms with van der Waals surface area (Å²) in [7, 11) is 0. The first-order valence-electron chi connectivity index (χ1n) is 12.8. The van der Waals surface area contributed by atoms with E-state index < -0.39 is 24.0 Å². The molecule has 2 atom stereocenters. The first kappa shape index (κ1) is 25.2. The lowest BCUT2D eigenvalue weighted by molar-refractivity contribution is -0.152. The number of aliphatic hydroxyl groups excluding tert-OH is 2. The van der Waals surface area contributed by atoms with Gasteiger partial charge < -0.3 is 25.2 Å². The maximum Gasteiger partial charge on any atom is 0.254 e. The summed E-state index contributed by atoms with van der Waals surface area (Å²) in [5.41, 5.74) is 2.88. The van der Waals surface area contributed by atoms with E-state index in [1.165, 1.54) is 30.6 Å². The first-order chi connectivity index (χ1) is 17.0. The molecule has 7 heteroatoms. The fraction of sp³-hybridized carbons (Fsp3) is 0.500. The van der Waals surface area contributed by atoms with Gasteiger partial charge in [0.25, 0.3) is 11.8 Å². The van der Waals surface area contributed by atoms with E-state index in [9.17, 15) is 19.8 Å². The zero-order chi connectivity index (χ0) is 24.6. The third-order valence-corrected chi connectivity index (χ3v) is 7.12. The molecule has 188 valence electrons. The molecule has 1 saturated carbocycles. The second-order valence-electron chi connectivity index (χ2n) is 9.62. The van der Waals surface area contributed by atoms with Gasteiger partial charge in [-0.15, -0.1) is 0 Å². The summed E-state index contributed by atoms with van der Waals surface area (Å²) in [5.74, 6) is 0.287. The van der Waals surface area contributed by atoms with Crippen LogP contribution in [0.5, 0.6) is 5.75 Å². The van der Waals surface area contributed by atoms with E-state index in [1.807, 2.05) is 48.5 Å². The minimum atomic E-state index is -1.80. The van der Waals surface area contributed by atoms with Crippen molar-refractivity contribution >= 4 is 11.8 Å². The highest BCUT2D eigenvalue weighted by Crippen LogP contribution is 2.32. The summed E-state index contributed by atoms with van der Waals surface area (Å²) in [5, 5.41) is 22.9. The number of benzene rings is 2. The largest absolute Gasteiger partial charge is 0.493 e. The summed E-state index contributed by atoms with van der Waals surface area (Å²) in [6, 6.07) is 15.8. The van der Waals surface area contributed by atoms with Crippen LogP contribution in [0.1, 0.15) is 50.5 Å². The Kier molecular flexibility index (Phi) is 8.77. The summed E-state index contributed by atoms with van der Waals surface area (Å²) in [4.78, 5) is 26.0. The zero-order valence-corrected chi connectivity index (χ0v) is 20.2. The molecule has 35 heavy (non-hydrogen) atoms. The number of likely N-dealkylation sites (tertiary alicyclic amines) is 1. The molecule has 1 aliphatic carbocycles. The van der Waals surface area contributed by atoms with E-state index in [2.05, 4.69) is 5.32 Å². The van der Waals surface area contributed by atoms with E-state index in [0.29, 0.717) is 13.1 Å². The van der Waals surface area contributed by atoms with Crippen LogP contribution in [0.3, 0.4) is 0 Å². The number of hydrogen-bond donors (Lipinski definition) is 3. The predicted molar refractivity (Wildman–Crippen MR) is 134 cm³/mol. The van der Waals surface area contributed by atoms with Gasteiger partial charge in [-0.3, -0.25) is 9.59 Å². The summed E-state index contributed by atoms with van der Waals surface area (Å²) in [6.07, 6.45) is 4.59. The fourth-order valence-corrected chi connectivity index (χ4v) is 4.96. The minimum absolute atomic E-state index is 0.181. The molecule has 3 N–H and O–H groups in total. The number of para-hydroxylation sites is 1. The Hall–Kier alpha value is -2.90. The number of carbonyl (C=O) groups excluding carboxylic acids is 2. The molecule has 0 spiro atoms. The van der Waals surface area contributed by atoms with Crippen LogP contribution in [0, 0.1) is 5.92 Å². The Labute approximate surface area is 207 Å². The molecular formula is C28H36N2O5. The van der Waals surface area contributed by atoms with Crippen molar-refractivity contribution in [2.24, 2.45) is 5.92 Å². The molecule has 0 bridgehead atoms. The smallest absolute Gasteiger partial charge is 0.254 e. The molecule has 2 fully saturated rings. The van der Waals surface area contributed by atoms with Crippen molar-refractivity contribution < 1.29 is 24.5 Å². The first-order valence-corrected chi connectivity index (χ1v) is 12.8. The number of nitrogens with one attached hydrogen (secondary N) is 1. The Balaban J connectivity index is 1.29. The highest BCUT2D eigenvalue weighted by Gasteiger charge is 2.34. The van der Waals surface area contributed by atoms with Crippen LogP contribution in [-0.4, -0.2) is 58.8 Å². The molecule has 0 unspecified atom stereocenters. The molecule has 2 aromatic rings. The van der Waals surface area contributed by atoms with Crippen LogP contribution in [-0.2, 0) is 16.1 Å². The lowest BCUT2D eigenvalue weighted by Crippen LogP contribution is -2.50. The molecule has 1 aliphatic heterocycles. The standard InChI is InChI=1S/C28H36N2O5/c31-25(26(32)28(34)30-16-5-6-17-30)27(33)29-19-21-11-13-22(14-12-21)23-9-3-4-10-24(23)35-18-15-20-7-1-2-8-20/h3-4,9-14,20,25-26,31-32H,1-2,5-8,15-19H2,(H,29,33)/t25-,26-/m1/s1. The van der Waals surface area contributed by atoms with E-state index in [4.69, 9.17) is 4.74 Å². The average molecular weight is 481 g/mol. The molecule has 2 amide bonds. The van der Waals surface area contributed by atoms with Crippen molar-refractivity contribution in [3.8, 4) is 16.9 Å². The van der Waals surface area contributed by atoms with Gasteiger partial charge in [-0.05, 0) is 42.4 Å². The molecule has 0 aromatic heterocycles.